The van der Waals surface area contributed by atoms with Crippen molar-refractivity contribution >= 4 is 12.1 Å². The largest absolute Gasteiger partial charge is 0.448 e. The van der Waals surface area contributed by atoms with Gasteiger partial charge in [0.05, 0.1) is 6.54 Å². The summed E-state index contributed by atoms with van der Waals surface area (Å²) in [6.07, 6.45) is 7.31. The van der Waals surface area contributed by atoms with Gasteiger partial charge >= 0.3 is 12.1 Å². The molecule has 20 heavy (non-hydrogen) atoms. The molecule has 0 aliphatic heterocycles. The Labute approximate surface area is 121 Å². The van der Waals surface area contributed by atoms with Crippen LogP contribution in [-0.4, -0.2) is 37.9 Å². The van der Waals surface area contributed by atoms with Gasteiger partial charge in [-0.3, -0.25) is 0 Å². The average molecular weight is 285 g/mol. The number of carbonyl (C=O) groups is 2. The number of hydrogen-bond donors (Lipinski definition) is 3. The molecule has 0 aromatic heterocycles. The van der Waals surface area contributed by atoms with Gasteiger partial charge in [0.15, 0.2) is 0 Å². The Hall–Kier alpha value is -1.46. The Bertz CT molecular complexity index is 291. The fraction of sp³-hybridized carbons (Fsp3) is 0.857. The first-order valence-corrected chi connectivity index (χ1v) is 7.67. The molecule has 0 aromatic rings. The molecule has 116 valence electrons. The molecule has 1 saturated carbocycles. The molecular formula is C14H27N3O3. The summed E-state index contributed by atoms with van der Waals surface area (Å²) >= 11 is 0. The van der Waals surface area contributed by atoms with Crippen LogP contribution in [-0.2, 0) is 4.74 Å². The van der Waals surface area contributed by atoms with E-state index in [0.29, 0.717) is 19.1 Å². The predicted octanol–water partition coefficient (Wildman–Crippen LogP) is 2.14. The summed E-state index contributed by atoms with van der Waals surface area (Å²) in [5.41, 5.74) is 0. The number of carbonyl (C=O) groups excluding carboxylic acids is 2. The first-order valence-electron chi connectivity index (χ1n) is 7.67. The van der Waals surface area contributed by atoms with E-state index in [1.807, 2.05) is 0 Å². The average Bonchev–Trinajstić information content (AvgIpc) is 2.45. The Morgan fingerprint density at radius 2 is 1.85 bits per heavy atom. The van der Waals surface area contributed by atoms with E-state index < -0.39 is 6.09 Å². The normalized spacial score (nSPS) is 15.4. The lowest BCUT2D eigenvalue weighted by atomic mass is 9.96. The molecule has 0 radical (unpaired) electrons. The maximum atomic E-state index is 11.6. The summed E-state index contributed by atoms with van der Waals surface area (Å²) in [4.78, 5) is 22.8. The summed E-state index contributed by atoms with van der Waals surface area (Å²) < 4.78 is 4.94. The molecule has 3 amide bonds. The Kier molecular flexibility index (Phi) is 8.58. The monoisotopic (exact) mass is 285 g/mol. The van der Waals surface area contributed by atoms with E-state index >= 15 is 0 Å². The molecular weight excluding hydrogens is 258 g/mol. The van der Waals surface area contributed by atoms with Gasteiger partial charge in [-0.2, -0.15) is 0 Å². The molecule has 0 aromatic carbocycles. The number of amides is 3. The Morgan fingerprint density at radius 1 is 1.10 bits per heavy atom. The molecule has 0 saturated heterocycles. The Balaban J connectivity index is 1.97. The lowest BCUT2D eigenvalue weighted by Crippen LogP contribution is -2.44. The summed E-state index contributed by atoms with van der Waals surface area (Å²) in [5.74, 6) is 0. The highest BCUT2D eigenvalue weighted by Gasteiger charge is 2.15. The minimum atomic E-state index is -0.423. The van der Waals surface area contributed by atoms with Crippen molar-refractivity contribution in [2.75, 3.05) is 19.7 Å². The van der Waals surface area contributed by atoms with E-state index in [1.165, 1.54) is 19.3 Å². The van der Waals surface area contributed by atoms with E-state index in [2.05, 4.69) is 22.9 Å². The number of rotatable bonds is 7. The summed E-state index contributed by atoms with van der Waals surface area (Å²) in [5, 5.41) is 8.29. The SMILES string of the molecule is CCCCNC(=O)OCCNC(=O)NC1CCCCC1. The zero-order valence-electron chi connectivity index (χ0n) is 12.4. The topological polar surface area (TPSA) is 79.5 Å². The van der Waals surface area contributed by atoms with Gasteiger partial charge in [0.1, 0.15) is 6.61 Å². The molecule has 0 heterocycles. The molecule has 0 spiro atoms. The van der Waals surface area contributed by atoms with Crippen LogP contribution in [0.5, 0.6) is 0 Å². The van der Waals surface area contributed by atoms with Crippen LogP contribution in [0.25, 0.3) is 0 Å². The molecule has 6 heteroatoms. The molecule has 6 nitrogen and oxygen atoms in total. The minimum absolute atomic E-state index is 0.174. The van der Waals surface area contributed by atoms with E-state index in [0.717, 1.165) is 25.7 Å². The second-order valence-corrected chi connectivity index (χ2v) is 5.15. The van der Waals surface area contributed by atoms with Crippen molar-refractivity contribution in [2.45, 2.75) is 57.9 Å². The van der Waals surface area contributed by atoms with Crippen molar-refractivity contribution in [3.8, 4) is 0 Å². The molecule has 0 unspecified atom stereocenters. The van der Waals surface area contributed by atoms with Crippen LogP contribution in [0.2, 0.25) is 0 Å². The van der Waals surface area contributed by atoms with Crippen molar-refractivity contribution in [2.24, 2.45) is 0 Å². The van der Waals surface area contributed by atoms with Gasteiger partial charge in [0, 0.05) is 12.6 Å². The van der Waals surface area contributed by atoms with Crippen LogP contribution < -0.4 is 16.0 Å². The molecule has 1 fully saturated rings. The zero-order valence-corrected chi connectivity index (χ0v) is 12.4. The molecule has 1 aliphatic rings. The van der Waals surface area contributed by atoms with E-state index in [-0.39, 0.29) is 12.6 Å². The second kappa shape index (κ2) is 10.3. The molecule has 1 aliphatic carbocycles. The summed E-state index contributed by atoms with van der Waals surface area (Å²) in [6.45, 7) is 3.21. The summed E-state index contributed by atoms with van der Waals surface area (Å²) in [6, 6.07) is 0.119. The third kappa shape index (κ3) is 7.86. The quantitative estimate of drug-likeness (QED) is 0.627. The molecule has 0 atom stereocenters. The van der Waals surface area contributed by atoms with E-state index in [4.69, 9.17) is 4.74 Å². The number of alkyl carbamates (subject to hydrolysis) is 1. The van der Waals surface area contributed by atoms with Gasteiger partial charge in [-0.05, 0) is 19.3 Å². The van der Waals surface area contributed by atoms with Crippen molar-refractivity contribution in [3.63, 3.8) is 0 Å². The van der Waals surface area contributed by atoms with Crippen LogP contribution in [0, 0.1) is 0 Å². The Morgan fingerprint density at radius 3 is 2.55 bits per heavy atom. The molecule has 3 N–H and O–H groups in total. The number of ether oxygens (including phenoxy) is 1. The third-order valence-electron chi connectivity index (χ3n) is 3.36. The lowest BCUT2D eigenvalue weighted by Gasteiger charge is -2.22. The van der Waals surface area contributed by atoms with Gasteiger partial charge in [0.2, 0.25) is 0 Å². The van der Waals surface area contributed by atoms with Crippen LogP contribution >= 0.6 is 0 Å². The fourth-order valence-corrected chi connectivity index (χ4v) is 2.21. The molecule has 1 rings (SSSR count). The highest BCUT2D eigenvalue weighted by molar-refractivity contribution is 5.74. The van der Waals surface area contributed by atoms with Gasteiger partial charge in [0.25, 0.3) is 0 Å². The van der Waals surface area contributed by atoms with E-state index in [9.17, 15) is 9.59 Å². The van der Waals surface area contributed by atoms with Gasteiger partial charge in [-0.15, -0.1) is 0 Å². The maximum Gasteiger partial charge on any atom is 0.407 e. The smallest absolute Gasteiger partial charge is 0.407 e. The minimum Gasteiger partial charge on any atom is -0.448 e. The predicted molar refractivity (Wildman–Crippen MR) is 77.7 cm³/mol. The van der Waals surface area contributed by atoms with Crippen molar-refractivity contribution in [1.82, 2.24) is 16.0 Å². The number of nitrogens with one attached hydrogen (secondary N) is 3. The molecule has 0 bridgehead atoms. The second-order valence-electron chi connectivity index (χ2n) is 5.15. The first-order chi connectivity index (χ1) is 9.72. The van der Waals surface area contributed by atoms with Crippen molar-refractivity contribution in [1.29, 1.82) is 0 Å². The van der Waals surface area contributed by atoms with Crippen LogP contribution in [0.4, 0.5) is 9.59 Å². The number of hydrogen-bond acceptors (Lipinski definition) is 3. The maximum absolute atomic E-state index is 11.6. The lowest BCUT2D eigenvalue weighted by molar-refractivity contribution is 0.146. The highest BCUT2D eigenvalue weighted by atomic mass is 16.5. The number of urea groups is 1. The standard InChI is InChI=1S/C14H27N3O3/c1-2-3-9-16-14(19)20-11-10-15-13(18)17-12-7-5-4-6-8-12/h12H,2-11H2,1H3,(H,16,19)(H2,15,17,18). The van der Waals surface area contributed by atoms with Gasteiger partial charge in [-0.25, -0.2) is 9.59 Å². The zero-order chi connectivity index (χ0) is 14.6. The summed E-state index contributed by atoms with van der Waals surface area (Å²) in [7, 11) is 0. The highest BCUT2D eigenvalue weighted by Crippen LogP contribution is 2.16. The van der Waals surface area contributed by atoms with Gasteiger partial charge in [-0.1, -0.05) is 32.6 Å². The fourth-order valence-electron chi connectivity index (χ4n) is 2.21. The number of unbranched alkanes of at least 4 members (excludes halogenated alkanes) is 1. The van der Waals surface area contributed by atoms with Crippen LogP contribution in [0.1, 0.15) is 51.9 Å². The van der Waals surface area contributed by atoms with Crippen LogP contribution in [0.15, 0.2) is 0 Å². The van der Waals surface area contributed by atoms with E-state index in [1.54, 1.807) is 0 Å². The van der Waals surface area contributed by atoms with Crippen LogP contribution in [0.3, 0.4) is 0 Å². The van der Waals surface area contributed by atoms with Crippen molar-refractivity contribution < 1.29 is 14.3 Å². The van der Waals surface area contributed by atoms with Crippen molar-refractivity contribution in [3.05, 3.63) is 0 Å². The van der Waals surface area contributed by atoms with Gasteiger partial charge < -0.3 is 20.7 Å². The third-order valence-corrected chi connectivity index (χ3v) is 3.36. The first kappa shape index (κ1) is 16.6.